The number of fused-ring (bicyclic) bond motifs is 1. The van der Waals surface area contributed by atoms with Crippen LogP contribution in [0.3, 0.4) is 0 Å². The first-order valence-electron chi connectivity index (χ1n) is 5.60. The standard InChI is InChI=1S/C12H16O2S/c1-2-3-7-14-12(13)11-8-9-5-4-6-10(9)15-11/h8H,2-7H2,1H3. The maximum Gasteiger partial charge on any atom is 0.348 e. The van der Waals surface area contributed by atoms with Crippen LogP contribution < -0.4 is 0 Å². The van der Waals surface area contributed by atoms with Crippen molar-refractivity contribution in [3.8, 4) is 0 Å². The lowest BCUT2D eigenvalue weighted by atomic mass is 10.2. The molecule has 0 saturated heterocycles. The third-order valence-electron chi connectivity index (χ3n) is 2.68. The highest BCUT2D eigenvalue weighted by Gasteiger charge is 2.18. The van der Waals surface area contributed by atoms with Crippen LogP contribution in [0.1, 0.15) is 46.3 Å². The highest BCUT2D eigenvalue weighted by atomic mass is 32.1. The maximum atomic E-state index is 11.6. The molecule has 2 nitrogen and oxygen atoms in total. The van der Waals surface area contributed by atoms with Gasteiger partial charge in [-0.25, -0.2) is 4.79 Å². The van der Waals surface area contributed by atoms with Gasteiger partial charge in [-0.2, -0.15) is 0 Å². The van der Waals surface area contributed by atoms with Crippen LogP contribution in [0, 0.1) is 0 Å². The molecule has 0 spiro atoms. The Morgan fingerprint density at radius 2 is 2.40 bits per heavy atom. The number of aryl methyl sites for hydroxylation is 2. The number of esters is 1. The first-order valence-corrected chi connectivity index (χ1v) is 6.41. The smallest absolute Gasteiger partial charge is 0.348 e. The van der Waals surface area contributed by atoms with Crippen LogP contribution >= 0.6 is 11.3 Å². The van der Waals surface area contributed by atoms with E-state index in [1.165, 1.54) is 16.9 Å². The Hall–Kier alpha value is -0.830. The summed E-state index contributed by atoms with van der Waals surface area (Å²) in [6.07, 6.45) is 5.54. The number of unbranched alkanes of at least 4 members (excludes halogenated alkanes) is 1. The summed E-state index contributed by atoms with van der Waals surface area (Å²) < 4.78 is 5.18. The number of ether oxygens (including phenoxy) is 1. The van der Waals surface area contributed by atoms with Gasteiger partial charge in [0, 0.05) is 4.88 Å². The number of hydrogen-bond acceptors (Lipinski definition) is 3. The molecule has 0 aliphatic heterocycles. The van der Waals surface area contributed by atoms with E-state index in [9.17, 15) is 4.79 Å². The van der Waals surface area contributed by atoms with Gasteiger partial charge in [-0.05, 0) is 37.3 Å². The topological polar surface area (TPSA) is 26.3 Å². The van der Waals surface area contributed by atoms with Crippen molar-refractivity contribution in [2.75, 3.05) is 6.61 Å². The minimum Gasteiger partial charge on any atom is -0.462 e. The molecule has 0 atom stereocenters. The molecular weight excluding hydrogens is 208 g/mol. The normalized spacial score (nSPS) is 13.9. The molecule has 3 heteroatoms. The number of carbonyl (C=O) groups excluding carboxylic acids is 1. The average Bonchev–Trinajstić information content (AvgIpc) is 2.76. The van der Waals surface area contributed by atoms with E-state index in [0.29, 0.717) is 6.61 Å². The lowest BCUT2D eigenvalue weighted by molar-refractivity contribution is 0.0505. The van der Waals surface area contributed by atoms with Gasteiger partial charge in [-0.1, -0.05) is 13.3 Å². The Kier molecular flexibility index (Phi) is 3.41. The summed E-state index contributed by atoms with van der Waals surface area (Å²) in [5.74, 6) is -0.136. The van der Waals surface area contributed by atoms with Gasteiger partial charge in [-0.3, -0.25) is 0 Å². The molecule has 0 radical (unpaired) electrons. The van der Waals surface area contributed by atoms with Crippen LogP contribution in [-0.4, -0.2) is 12.6 Å². The van der Waals surface area contributed by atoms with E-state index < -0.39 is 0 Å². The molecule has 15 heavy (non-hydrogen) atoms. The molecule has 0 saturated carbocycles. The average molecular weight is 224 g/mol. The first kappa shape index (κ1) is 10.7. The van der Waals surface area contributed by atoms with Gasteiger partial charge in [0.15, 0.2) is 0 Å². The predicted molar refractivity (Wildman–Crippen MR) is 61.5 cm³/mol. The molecule has 1 aromatic rings. The summed E-state index contributed by atoms with van der Waals surface area (Å²) in [4.78, 5) is 13.8. The third kappa shape index (κ3) is 2.40. The maximum absolute atomic E-state index is 11.6. The third-order valence-corrected chi connectivity index (χ3v) is 3.90. The van der Waals surface area contributed by atoms with E-state index in [1.54, 1.807) is 11.3 Å². The number of thiophene rings is 1. The van der Waals surface area contributed by atoms with Crippen molar-refractivity contribution < 1.29 is 9.53 Å². The zero-order chi connectivity index (χ0) is 10.7. The fourth-order valence-corrected chi connectivity index (χ4v) is 2.96. The van der Waals surface area contributed by atoms with Crippen LogP contribution in [0.15, 0.2) is 6.07 Å². The number of rotatable bonds is 4. The molecule has 1 aliphatic carbocycles. The highest BCUT2D eigenvalue weighted by molar-refractivity contribution is 7.14. The Bertz CT molecular complexity index is 333. The summed E-state index contributed by atoms with van der Waals surface area (Å²) in [6, 6.07) is 2.02. The van der Waals surface area contributed by atoms with Gasteiger partial charge in [0.25, 0.3) is 0 Å². The van der Waals surface area contributed by atoms with Gasteiger partial charge in [0.1, 0.15) is 4.88 Å². The molecule has 0 amide bonds. The zero-order valence-corrected chi connectivity index (χ0v) is 9.86. The van der Waals surface area contributed by atoms with Crippen molar-refractivity contribution in [3.63, 3.8) is 0 Å². The molecule has 0 aromatic carbocycles. The minimum atomic E-state index is -0.136. The summed E-state index contributed by atoms with van der Waals surface area (Å²) >= 11 is 1.61. The van der Waals surface area contributed by atoms with Crippen molar-refractivity contribution >= 4 is 17.3 Å². The Morgan fingerprint density at radius 1 is 1.53 bits per heavy atom. The number of carbonyl (C=O) groups is 1. The zero-order valence-electron chi connectivity index (χ0n) is 9.04. The fraction of sp³-hybridized carbons (Fsp3) is 0.583. The predicted octanol–water partition coefficient (Wildman–Crippen LogP) is 3.19. The van der Waals surface area contributed by atoms with Crippen molar-refractivity contribution in [2.24, 2.45) is 0 Å². The van der Waals surface area contributed by atoms with E-state index in [2.05, 4.69) is 6.92 Å². The lowest BCUT2D eigenvalue weighted by Crippen LogP contribution is -2.04. The molecule has 0 N–H and O–H groups in total. The molecule has 1 aromatic heterocycles. The van der Waals surface area contributed by atoms with Crippen molar-refractivity contribution in [2.45, 2.75) is 39.0 Å². The minimum absolute atomic E-state index is 0.136. The first-order chi connectivity index (χ1) is 7.31. The SMILES string of the molecule is CCCCOC(=O)c1cc2c(s1)CCC2. The summed E-state index contributed by atoms with van der Waals surface area (Å²) in [7, 11) is 0. The van der Waals surface area contributed by atoms with E-state index in [-0.39, 0.29) is 5.97 Å². The van der Waals surface area contributed by atoms with E-state index in [4.69, 9.17) is 4.74 Å². The monoisotopic (exact) mass is 224 g/mol. The van der Waals surface area contributed by atoms with Crippen LogP contribution in [0.4, 0.5) is 0 Å². The van der Waals surface area contributed by atoms with Crippen LogP contribution in [0.2, 0.25) is 0 Å². The molecule has 0 unspecified atom stereocenters. The largest absolute Gasteiger partial charge is 0.462 e. The molecule has 0 bridgehead atoms. The summed E-state index contributed by atoms with van der Waals surface area (Å²) in [5.41, 5.74) is 1.36. The van der Waals surface area contributed by atoms with E-state index in [0.717, 1.165) is 30.6 Å². The fourth-order valence-electron chi connectivity index (χ4n) is 1.81. The quantitative estimate of drug-likeness (QED) is 0.580. The molecule has 1 heterocycles. The van der Waals surface area contributed by atoms with Gasteiger partial charge in [0.05, 0.1) is 6.61 Å². The molecular formula is C12H16O2S. The summed E-state index contributed by atoms with van der Waals surface area (Å²) in [5, 5.41) is 0. The van der Waals surface area contributed by atoms with Crippen molar-refractivity contribution in [3.05, 3.63) is 21.4 Å². The molecule has 82 valence electrons. The molecule has 0 fully saturated rings. The van der Waals surface area contributed by atoms with Crippen LogP contribution in [0.25, 0.3) is 0 Å². The molecule has 2 rings (SSSR count). The lowest BCUT2D eigenvalue weighted by Gasteiger charge is -2.00. The van der Waals surface area contributed by atoms with E-state index in [1.807, 2.05) is 6.07 Å². The van der Waals surface area contributed by atoms with Gasteiger partial charge in [0.2, 0.25) is 0 Å². The van der Waals surface area contributed by atoms with Crippen LogP contribution in [-0.2, 0) is 17.6 Å². The van der Waals surface area contributed by atoms with Gasteiger partial charge in [-0.15, -0.1) is 11.3 Å². The second kappa shape index (κ2) is 4.79. The van der Waals surface area contributed by atoms with Gasteiger partial charge < -0.3 is 4.74 Å². The second-order valence-corrected chi connectivity index (χ2v) is 5.04. The Labute approximate surface area is 94.3 Å². The Balaban J connectivity index is 1.94. The highest BCUT2D eigenvalue weighted by Crippen LogP contribution is 2.30. The van der Waals surface area contributed by atoms with Crippen molar-refractivity contribution in [1.82, 2.24) is 0 Å². The Morgan fingerprint density at radius 3 is 3.13 bits per heavy atom. The van der Waals surface area contributed by atoms with Gasteiger partial charge >= 0.3 is 5.97 Å². The van der Waals surface area contributed by atoms with Crippen LogP contribution in [0.5, 0.6) is 0 Å². The summed E-state index contributed by atoms with van der Waals surface area (Å²) in [6.45, 7) is 2.64. The van der Waals surface area contributed by atoms with E-state index >= 15 is 0 Å². The van der Waals surface area contributed by atoms with Crippen molar-refractivity contribution in [1.29, 1.82) is 0 Å². The molecule has 1 aliphatic rings. The number of hydrogen-bond donors (Lipinski definition) is 0. The second-order valence-electron chi connectivity index (χ2n) is 3.90.